The topological polar surface area (TPSA) is 72.9 Å². The van der Waals surface area contributed by atoms with Crippen LogP contribution in [0.2, 0.25) is 0 Å². The average molecular weight is 266 g/mol. The van der Waals surface area contributed by atoms with Crippen molar-refractivity contribution in [2.45, 2.75) is 32.2 Å². The molecule has 98 valence electrons. The van der Waals surface area contributed by atoms with Gasteiger partial charge in [0, 0.05) is 25.5 Å². The lowest BCUT2D eigenvalue weighted by atomic mass is 9.68. The number of nitrogens with zero attached hydrogens (tertiary/aromatic N) is 2. The van der Waals surface area contributed by atoms with E-state index in [0.717, 1.165) is 32.2 Å². The number of carbonyl (C=O) groups is 1. The molecule has 0 aliphatic heterocycles. The average Bonchev–Trinajstić information content (AvgIpc) is 2.75. The molecule has 18 heavy (non-hydrogen) atoms. The number of amides is 1. The Morgan fingerprint density at radius 1 is 1.56 bits per heavy atom. The summed E-state index contributed by atoms with van der Waals surface area (Å²) in [5.41, 5.74) is 5.11. The van der Waals surface area contributed by atoms with Crippen molar-refractivity contribution >= 4 is 23.1 Å². The Morgan fingerprint density at radius 2 is 2.33 bits per heavy atom. The van der Waals surface area contributed by atoms with Crippen LogP contribution in [0.4, 0.5) is 0 Å². The molecule has 1 heterocycles. The lowest BCUT2D eigenvalue weighted by Gasteiger charge is -2.39. The normalized spacial score (nSPS) is 16.9. The highest BCUT2D eigenvalue weighted by Gasteiger charge is 2.46. The van der Waals surface area contributed by atoms with E-state index in [1.54, 1.807) is 12.5 Å². The van der Waals surface area contributed by atoms with Crippen molar-refractivity contribution in [1.29, 1.82) is 0 Å². The number of rotatable bonds is 6. The van der Waals surface area contributed by atoms with Crippen molar-refractivity contribution < 1.29 is 4.79 Å². The molecule has 0 aromatic carbocycles. The summed E-state index contributed by atoms with van der Waals surface area (Å²) in [6, 6.07) is 0. The third kappa shape index (κ3) is 2.53. The lowest BCUT2D eigenvalue weighted by molar-refractivity contribution is -0.130. The number of nitrogens with one attached hydrogen (secondary N) is 1. The molecule has 1 aromatic heterocycles. The number of hydrogen-bond donors (Lipinski definition) is 2. The Bertz CT molecular complexity index is 425. The van der Waals surface area contributed by atoms with Gasteiger partial charge in [0.05, 0.1) is 16.7 Å². The molecule has 0 atom stereocenters. The van der Waals surface area contributed by atoms with E-state index in [2.05, 4.69) is 10.3 Å². The Hall–Kier alpha value is -1.43. The fourth-order valence-corrected chi connectivity index (χ4v) is 2.46. The van der Waals surface area contributed by atoms with Gasteiger partial charge in [-0.3, -0.25) is 4.79 Å². The van der Waals surface area contributed by atoms with Crippen LogP contribution >= 0.6 is 12.2 Å². The number of nitrogens with two attached hydrogens (primary N) is 1. The van der Waals surface area contributed by atoms with Crippen LogP contribution in [0.5, 0.6) is 0 Å². The SMILES string of the molecule is NC(=S)C1(C(=O)NCCCn2ccnc2)CCC1. The predicted octanol–water partition coefficient (Wildman–Crippen LogP) is 0.846. The van der Waals surface area contributed by atoms with Crippen molar-refractivity contribution in [3.63, 3.8) is 0 Å². The summed E-state index contributed by atoms with van der Waals surface area (Å²) in [7, 11) is 0. The fraction of sp³-hybridized carbons (Fsp3) is 0.583. The van der Waals surface area contributed by atoms with Crippen LogP contribution < -0.4 is 11.1 Å². The van der Waals surface area contributed by atoms with E-state index < -0.39 is 5.41 Å². The molecular weight excluding hydrogens is 248 g/mol. The second kappa shape index (κ2) is 5.48. The van der Waals surface area contributed by atoms with E-state index in [1.807, 2.05) is 10.8 Å². The third-order valence-electron chi connectivity index (χ3n) is 3.55. The Morgan fingerprint density at radius 3 is 2.83 bits per heavy atom. The second-order valence-electron chi connectivity index (χ2n) is 4.71. The van der Waals surface area contributed by atoms with Gasteiger partial charge in [0.1, 0.15) is 0 Å². The maximum atomic E-state index is 12.1. The van der Waals surface area contributed by atoms with Crippen LogP contribution in [-0.2, 0) is 11.3 Å². The molecular formula is C12H18N4OS. The molecule has 1 amide bonds. The quantitative estimate of drug-likeness (QED) is 0.591. The van der Waals surface area contributed by atoms with Gasteiger partial charge in [-0.15, -0.1) is 0 Å². The Balaban J connectivity index is 1.73. The van der Waals surface area contributed by atoms with Gasteiger partial charge in [0.2, 0.25) is 5.91 Å². The van der Waals surface area contributed by atoms with Crippen molar-refractivity contribution in [2.75, 3.05) is 6.54 Å². The zero-order chi connectivity index (χ0) is 13.0. The van der Waals surface area contributed by atoms with Crippen LogP contribution in [0.3, 0.4) is 0 Å². The molecule has 0 radical (unpaired) electrons. The first-order valence-electron chi connectivity index (χ1n) is 6.19. The van der Waals surface area contributed by atoms with E-state index in [-0.39, 0.29) is 5.91 Å². The third-order valence-corrected chi connectivity index (χ3v) is 3.94. The maximum Gasteiger partial charge on any atom is 0.233 e. The summed E-state index contributed by atoms with van der Waals surface area (Å²) < 4.78 is 1.98. The molecule has 2 rings (SSSR count). The Labute approximate surface area is 112 Å². The summed E-state index contributed by atoms with van der Waals surface area (Å²) in [4.78, 5) is 16.3. The number of carbonyl (C=O) groups excluding carboxylic acids is 1. The minimum atomic E-state index is -0.565. The van der Waals surface area contributed by atoms with E-state index in [1.165, 1.54) is 0 Å². The molecule has 5 nitrogen and oxygen atoms in total. The first kappa shape index (κ1) is 13.0. The van der Waals surface area contributed by atoms with E-state index in [9.17, 15) is 4.79 Å². The van der Waals surface area contributed by atoms with Crippen LogP contribution in [0.15, 0.2) is 18.7 Å². The standard InChI is InChI=1S/C12H18N4OS/c13-10(18)12(3-1-4-12)11(17)15-5-2-7-16-8-6-14-9-16/h6,8-9H,1-5,7H2,(H2,13,18)(H,15,17). The molecule has 1 aromatic rings. The Kier molecular flexibility index (Phi) is 3.96. The minimum Gasteiger partial charge on any atom is -0.392 e. The van der Waals surface area contributed by atoms with Gasteiger partial charge in [-0.05, 0) is 19.3 Å². The van der Waals surface area contributed by atoms with Crippen molar-refractivity contribution in [3.8, 4) is 0 Å². The largest absolute Gasteiger partial charge is 0.392 e. The molecule has 1 aliphatic carbocycles. The van der Waals surface area contributed by atoms with Gasteiger partial charge in [0.25, 0.3) is 0 Å². The molecule has 0 bridgehead atoms. The number of thiocarbonyl (C=S) groups is 1. The van der Waals surface area contributed by atoms with E-state index in [4.69, 9.17) is 18.0 Å². The first-order valence-corrected chi connectivity index (χ1v) is 6.60. The molecule has 0 saturated heterocycles. The smallest absolute Gasteiger partial charge is 0.233 e. The van der Waals surface area contributed by atoms with Crippen LogP contribution in [0.25, 0.3) is 0 Å². The second-order valence-corrected chi connectivity index (χ2v) is 5.15. The summed E-state index contributed by atoms with van der Waals surface area (Å²) in [6.45, 7) is 1.49. The molecule has 1 saturated carbocycles. The molecule has 0 spiro atoms. The molecule has 1 aliphatic rings. The zero-order valence-corrected chi connectivity index (χ0v) is 11.1. The first-order chi connectivity index (χ1) is 8.65. The fourth-order valence-electron chi connectivity index (χ4n) is 2.17. The summed E-state index contributed by atoms with van der Waals surface area (Å²) in [6.07, 6.45) is 8.89. The summed E-state index contributed by atoms with van der Waals surface area (Å²) >= 11 is 5.01. The monoisotopic (exact) mass is 266 g/mol. The number of imidazole rings is 1. The van der Waals surface area contributed by atoms with Crippen LogP contribution in [-0.4, -0.2) is 27.0 Å². The van der Waals surface area contributed by atoms with Crippen LogP contribution in [0, 0.1) is 5.41 Å². The molecule has 6 heteroatoms. The van der Waals surface area contributed by atoms with Gasteiger partial charge < -0.3 is 15.6 Å². The number of aromatic nitrogens is 2. The molecule has 1 fully saturated rings. The highest BCUT2D eigenvalue weighted by molar-refractivity contribution is 7.80. The highest BCUT2D eigenvalue weighted by Crippen LogP contribution is 2.41. The minimum absolute atomic E-state index is 0.00752. The molecule has 0 unspecified atom stereocenters. The highest BCUT2D eigenvalue weighted by atomic mass is 32.1. The van der Waals surface area contributed by atoms with Crippen molar-refractivity contribution in [3.05, 3.63) is 18.7 Å². The number of hydrogen-bond acceptors (Lipinski definition) is 3. The van der Waals surface area contributed by atoms with Gasteiger partial charge >= 0.3 is 0 Å². The molecule has 3 N–H and O–H groups in total. The van der Waals surface area contributed by atoms with Gasteiger partial charge in [0.15, 0.2) is 0 Å². The van der Waals surface area contributed by atoms with Crippen molar-refractivity contribution in [1.82, 2.24) is 14.9 Å². The maximum absolute atomic E-state index is 12.1. The van der Waals surface area contributed by atoms with E-state index in [0.29, 0.717) is 11.5 Å². The van der Waals surface area contributed by atoms with E-state index >= 15 is 0 Å². The number of aryl methyl sites for hydroxylation is 1. The van der Waals surface area contributed by atoms with Crippen molar-refractivity contribution in [2.24, 2.45) is 11.1 Å². The van der Waals surface area contributed by atoms with Gasteiger partial charge in [-0.1, -0.05) is 18.6 Å². The van der Waals surface area contributed by atoms with Crippen LogP contribution in [0.1, 0.15) is 25.7 Å². The summed E-state index contributed by atoms with van der Waals surface area (Å²) in [5, 5.41) is 2.93. The predicted molar refractivity (Wildman–Crippen MR) is 72.9 cm³/mol. The van der Waals surface area contributed by atoms with Gasteiger partial charge in [-0.2, -0.15) is 0 Å². The summed E-state index contributed by atoms with van der Waals surface area (Å²) in [5.74, 6) is -0.00752. The lowest BCUT2D eigenvalue weighted by Crippen LogP contribution is -2.53. The zero-order valence-electron chi connectivity index (χ0n) is 10.3. The van der Waals surface area contributed by atoms with Gasteiger partial charge in [-0.25, -0.2) is 4.98 Å².